The Bertz CT molecular complexity index is 491. The minimum atomic E-state index is -1.01. The number of rotatable bonds is 3. The number of amidine groups is 1. The van der Waals surface area contributed by atoms with Crippen molar-refractivity contribution in [2.75, 3.05) is 6.61 Å². The van der Waals surface area contributed by atoms with Crippen LogP contribution in [0.1, 0.15) is 12.5 Å². The first kappa shape index (κ1) is 14.4. The zero-order chi connectivity index (χ0) is 13.7. The largest absolute Gasteiger partial charge is 0.535 e. The fourth-order valence-electron chi connectivity index (χ4n) is 1.04. The summed E-state index contributed by atoms with van der Waals surface area (Å²) in [5, 5.41) is 13.2. The van der Waals surface area contributed by atoms with E-state index in [1.807, 2.05) is 0 Å². The summed E-state index contributed by atoms with van der Waals surface area (Å²) in [6.07, 6.45) is -1.01. The smallest absolute Gasteiger partial charge is 0.506 e. The molecule has 0 bridgehead atoms. The Balaban J connectivity index is 2.93. The van der Waals surface area contributed by atoms with E-state index in [9.17, 15) is 9.90 Å². The number of hydrogen-bond acceptors (Lipinski definition) is 5. The van der Waals surface area contributed by atoms with Crippen molar-refractivity contribution in [1.82, 2.24) is 0 Å². The topological polar surface area (TPSA) is 94.1 Å². The molecule has 0 aliphatic carbocycles. The number of carbonyl (C=O) groups is 1. The van der Waals surface area contributed by atoms with Gasteiger partial charge in [-0.1, -0.05) is 28.4 Å². The zero-order valence-electron chi connectivity index (χ0n) is 9.31. The van der Waals surface area contributed by atoms with Crippen molar-refractivity contribution in [2.24, 2.45) is 10.9 Å². The van der Waals surface area contributed by atoms with E-state index >= 15 is 0 Å². The lowest BCUT2D eigenvalue weighted by Gasteiger charge is -2.06. The predicted molar refractivity (Wildman–Crippen MR) is 67.0 cm³/mol. The van der Waals surface area contributed by atoms with Crippen molar-refractivity contribution >= 4 is 35.2 Å². The van der Waals surface area contributed by atoms with Gasteiger partial charge in [-0.3, -0.25) is 4.84 Å². The minimum absolute atomic E-state index is 0.00628. The molecule has 1 rings (SSSR count). The number of phenolic OH excluding ortho intramolecular Hbond substituents is 1. The average Bonchev–Trinajstić information content (AvgIpc) is 2.31. The molecule has 0 aromatic heterocycles. The van der Waals surface area contributed by atoms with Gasteiger partial charge in [0.2, 0.25) is 0 Å². The number of oxime groups is 1. The Kier molecular flexibility index (Phi) is 5.06. The Hall–Kier alpha value is -1.66. The molecule has 0 fully saturated rings. The van der Waals surface area contributed by atoms with Crippen molar-refractivity contribution in [2.45, 2.75) is 6.92 Å². The van der Waals surface area contributed by atoms with Crippen molar-refractivity contribution in [3.8, 4) is 5.75 Å². The number of halogens is 2. The van der Waals surface area contributed by atoms with E-state index in [1.165, 1.54) is 12.1 Å². The van der Waals surface area contributed by atoms with Crippen LogP contribution in [0.2, 0.25) is 10.0 Å². The number of hydrogen-bond donors (Lipinski definition) is 2. The third kappa shape index (κ3) is 3.68. The summed E-state index contributed by atoms with van der Waals surface area (Å²) >= 11 is 11.4. The highest BCUT2D eigenvalue weighted by atomic mass is 35.5. The van der Waals surface area contributed by atoms with E-state index in [4.69, 9.17) is 28.9 Å². The van der Waals surface area contributed by atoms with Crippen LogP contribution in [0.5, 0.6) is 5.75 Å². The fraction of sp³-hybridized carbons (Fsp3) is 0.200. The van der Waals surface area contributed by atoms with Crippen LogP contribution in [-0.4, -0.2) is 23.7 Å². The van der Waals surface area contributed by atoms with Crippen LogP contribution in [0.4, 0.5) is 4.79 Å². The molecule has 0 saturated heterocycles. The van der Waals surface area contributed by atoms with Crippen LogP contribution in [-0.2, 0) is 9.57 Å². The maximum absolute atomic E-state index is 10.9. The maximum Gasteiger partial charge on any atom is 0.535 e. The Labute approximate surface area is 113 Å². The third-order valence-electron chi connectivity index (χ3n) is 1.78. The number of carbonyl (C=O) groups excluding carboxylic acids is 1. The first-order valence-corrected chi connectivity index (χ1v) is 5.57. The van der Waals surface area contributed by atoms with E-state index in [-0.39, 0.29) is 33.8 Å². The molecule has 0 unspecified atom stereocenters. The lowest BCUT2D eigenvalue weighted by Crippen LogP contribution is -2.16. The first-order valence-electron chi connectivity index (χ1n) is 4.81. The molecule has 98 valence electrons. The SMILES string of the molecule is CCOC(=O)O/N=C(\N)c1cc(Cl)cc(Cl)c1O. The third-order valence-corrected chi connectivity index (χ3v) is 2.29. The lowest BCUT2D eigenvalue weighted by atomic mass is 10.2. The van der Waals surface area contributed by atoms with Gasteiger partial charge in [0.1, 0.15) is 5.75 Å². The van der Waals surface area contributed by atoms with E-state index in [1.54, 1.807) is 6.92 Å². The molecule has 8 heteroatoms. The number of ether oxygens (including phenoxy) is 1. The van der Waals surface area contributed by atoms with E-state index in [0.717, 1.165) is 0 Å². The minimum Gasteiger partial charge on any atom is -0.506 e. The normalized spacial score (nSPS) is 11.2. The van der Waals surface area contributed by atoms with Crippen molar-refractivity contribution in [3.05, 3.63) is 27.7 Å². The van der Waals surface area contributed by atoms with E-state index in [2.05, 4.69) is 14.7 Å². The molecule has 0 heterocycles. The van der Waals surface area contributed by atoms with Gasteiger partial charge in [-0.15, -0.1) is 0 Å². The molecule has 0 saturated carbocycles. The second-order valence-corrected chi connectivity index (χ2v) is 3.88. The molecule has 1 aromatic carbocycles. The lowest BCUT2D eigenvalue weighted by molar-refractivity contribution is 0.0612. The summed E-state index contributed by atoms with van der Waals surface area (Å²) < 4.78 is 4.47. The molecule has 0 aliphatic rings. The van der Waals surface area contributed by atoms with Gasteiger partial charge in [-0.2, -0.15) is 0 Å². The molecule has 0 spiro atoms. The molecule has 3 N–H and O–H groups in total. The number of benzene rings is 1. The van der Waals surface area contributed by atoms with E-state index in [0.29, 0.717) is 0 Å². The molecule has 0 atom stereocenters. The quantitative estimate of drug-likeness (QED) is 0.293. The fourth-order valence-corrected chi connectivity index (χ4v) is 1.53. The van der Waals surface area contributed by atoms with Gasteiger partial charge >= 0.3 is 6.16 Å². The average molecular weight is 293 g/mol. The molecule has 18 heavy (non-hydrogen) atoms. The summed E-state index contributed by atoms with van der Waals surface area (Å²) in [7, 11) is 0. The monoisotopic (exact) mass is 292 g/mol. The van der Waals surface area contributed by atoms with Gasteiger partial charge in [0, 0.05) is 5.02 Å². The van der Waals surface area contributed by atoms with Crippen molar-refractivity contribution in [3.63, 3.8) is 0 Å². The highest BCUT2D eigenvalue weighted by molar-refractivity contribution is 6.36. The summed E-state index contributed by atoms with van der Waals surface area (Å²) in [6.45, 7) is 1.75. The molecule has 0 amide bonds. The Morgan fingerprint density at radius 2 is 2.17 bits per heavy atom. The van der Waals surface area contributed by atoms with Crippen LogP contribution < -0.4 is 5.73 Å². The van der Waals surface area contributed by atoms with Gasteiger partial charge in [0.15, 0.2) is 5.84 Å². The predicted octanol–water partition coefficient (Wildman–Crippen LogP) is 2.49. The standard InChI is InChI=1S/C10H10Cl2N2O4/c1-2-17-10(16)18-14-9(13)6-3-5(11)4-7(12)8(6)15/h3-4,15H,2H2,1H3,(H2,13,14). The van der Waals surface area contributed by atoms with Crippen LogP contribution in [0, 0.1) is 0 Å². The van der Waals surface area contributed by atoms with Gasteiger partial charge in [0.25, 0.3) is 0 Å². The van der Waals surface area contributed by atoms with Gasteiger partial charge in [-0.05, 0) is 19.1 Å². The Morgan fingerprint density at radius 1 is 1.50 bits per heavy atom. The van der Waals surface area contributed by atoms with Crippen LogP contribution in [0.3, 0.4) is 0 Å². The zero-order valence-corrected chi connectivity index (χ0v) is 10.8. The van der Waals surface area contributed by atoms with Crippen LogP contribution in [0.15, 0.2) is 17.3 Å². The number of aromatic hydroxyl groups is 1. The summed E-state index contributed by atoms with van der Waals surface area (Å²) in [6, 6.07) is 2.66. The highest BCUT2D eigenvalue weighted by Crippen LogP contribution is 2.30. The molecule has 1 aromatic rings. The summed E-state index contributed by atoms with van der Waals surface area (Å²) in [5.74, 6) is -0.570. The second kappa shape index (κ2) is 6.32. The molecular weight excluding hydrogens is 283 g/mol. The van der Waals surface area contributed by atoms with Gasteiger partial charge < -0.3 is 15.6 Å². The second-order valence-electron chi connectivity index (χ2n) is 3.03. The maximum atomic E-state index is 10.9. The Morgan fingerprint density at radius 3 is 2.78 bits per heavy atom. The first-order chi connectivity index (χ1) is 8.45. The molecular formula is C10H10Cl2N2O4. The molecule has 6 nitrogen and oxygen atoms in total. The van der Waals surface area contributed by atoms with E-state index < -0.39 is 6.16 Å². The van der Waals surface area contributed by atoms with Crippen LogP contribution in [0.25, 0.3) is 0 Å². The number of nitrogens with two attached hydrogens (primary N) is 1. The summed E-state index contributed by atoms with van der Waals surface area (Å²) in [4.78, 5) is 15.2. The molecule has 0 aliphatic heterocycles. The van der Waals surface area contributed by atoms with Crippen molar-refractivity contribution < 1.29 is 19.5 Å². The molecule has 0 radical (unpaired) electrons. The van der Waals surface area contributed by atoms with Gasteiger partial charge in [0.05, 0.1) is 17.2 Å². The van der Waals surface area contributed by atoms with Gasteiger partial charge in [-0.25, -0.2) is 4.79 Å². The van der Waals surface area contributed by atoms with Crippen molar-refractivity contribution in [1.29, 1.82) is 0 Å². The van der Waals surface area contributed by atoms with Crippen LogP contribution >= 0.6 is 23.2 Å². The summed E-state index contributed by atoms with van der Waals surface area (Å²) in [5.41, 5.74) is 5.57. The highest BCUT2D eigenvalue weighted by Gasteiger charge is 2.12. The number of nitrogens with zero attached hydrogens (tertiary/aromatic N) is 1. The number of phenols is 1.